The molecule has 3 rings (SSSR count). The fourth-order valence-electron chi connectivity index (χ4n) is 3.35. The number of nitrogen functional groups attached to an aromatic ring is 1. The molecule has 1 aliphatic heterocycles. The van der Waals surface area contributed by atoms with Gasteiger partial charge in [0.15, 0.2) is 15.7 Å². The molecule has 1 fully saturated rings. The van der Waals surface area contributed by atoms with Crippen molar-refractivity contribution in [1.29, 1.82) is 0 Å². The van der Waals surface area contributed by atoms with Crippen molar-refractivity contribution >= 4 is 21.3 Å². The Balaban J connectivity index is 2.22. The minimum absolute atomic E-state index is 0.121. The second kappa shape index (κ2) is 7.82. The van der Waals surface area contributed by atoms with E-state index in [0.717, 1.165) is 11.4 Å². The third-order valence-electron chi connectivity index (χ3n) is 4.66. The van der Waals surface area contributed by atoms with Crippen molar-refractivity contribution in [3.05, 3.63) is 35.5 Å². The van der Waals surface area contributed by atoms with E-state index in [4.69, 9.17) is 15.5 Å². The molecule has 8 heteroatoms. The van der Waals surface area contributed by atoms with Gasteiger partial charge in [-0.15, -0.1) is 0 Å². The second-order valence-corrected chi connectivity index (χ2v) is 9.06. The van der Waals surface area contributed by atoms with E-state index in [0.29, 0.717) is 48.9 Å². The van der Waals surface area contributed by atoms with E-state index < -0.39 is 9.84 Å². The van der Waals surface area contributed by atoms with Gasteiger partial charge in [0.1, 0.15) is 5.82 Å². The number of benzene rings is 1. The molecule has 0 saturated carbocycles. The molecule has 146 valence electrons. The molecule has 0 spiro atoms. The Kier molecular flexibility index (Phi) is 5.67. The molecule has 0 radical (unpaired) electrons. The highest BCUT2D eigenvalue weighted by molar-refractivity contribution is 7.89. The molecule has 2 heterocycles. The van der Waals surface area contributed by atoms with Gasteiger partial charge in [-0.3, -0.25) is 0 Å². The molecule has 7 nitrogen and oxygen atoms in total. The summed E-state index contributed by atoms with van der Waals surface area (Å²) in [4.78, 5) is 11.6. The molecule has 27 heavy (non-hydrogen) atoms. The zero-order valence-electron chi connectivity index (χ0n) is 16.0. The zero-order chi connectivity index (χ0) is 19.6. The van der Waals surface area contributed by atoms with Crippen LogP contribution in [0.1, 0.15) is 25.1 Å². The number of hydrogen-bond acceptors (Lipinski definition) is 7. The minimum Gasteiger partial charge on any atom is -0.398 e. The largest absolute Gasteiger partial charge is 0.398 e. The average Bonchev–Trinajstić information content (AvgIpc) is 2.60. The first kappa shape index (κ1) is 19.6. The highest BCUT2D eigenvalue weighted by Gasteiger charge is 2.26. The number of para-hydroxylation sites is 1. The SMILES string of the molecule is CCc1c(CS(C)(=O)=O)nc(-c2ccccc2N)nc1N1CCOC[C@@H]1C. The van der Waals surface area contributed by atoms with E-state index in [-0.39, 0.29) is 11.8 Å². The summed E-state index contributed by atoms with van der Waals surface area (Å²) < 4.78 is 29.6. The van der Waals surface area contributed by atoms with Gasteiger partial charge in [0.05, 0.1) is 30.7 Å². The van der Waals surface area contributed by atoms with Gasteiger partial charge in [-0.1, -0.05) is 19.1 Å². The minimum atomic E-state index is -3.24. The van der Waals surface area contributed by atoms with E-state index in [1.807, 2.05) is 25.1 Å². The molecular weight excluding hydrogens is 364 g/mol. The summed E-state index contributed by atoms with van der Waals surface area (Å²) in [5.74, 6) is 1.11. The van der Waals surface area contributed by atoms with E-state index >= 15 is 0 Å². The van der Waals surface area contributed by atoms with Gasteiger partial charge in [-0.25, -0.2) is 18.4 Å². The van der Waals surface area contributed by atoms with Crippen LogP contribution in [0.2, 0.25) is 0 Å². The Hall–Kier alpha value is -2.19. The van der Waals surface area contributed by atoms with Crippen LogP contribution in [0.5, 0.6) is 0 Å². The molecular formula is C19H26N4O3S. The van der Waals surface area contributed by atoms with E-state index in [1.54, 1.807) is 6.07 Å². The molecule has 2 N–H and O–H groups in total. The van der Waals surface area contributed by atoms with Crippen molar-refractivity contribution in [2.24, 2.45) is 0 Å². The van der Waals surface area contributed by atoms with Crippen LogP contribution in [0.25, 0.3) is 11.4 Å². The first-order valence-electron chi connectivity index (χ1n) is 9.07. The summed E-state index contributed by atoms with van der Waals surface area (Å²) in [5, 5.41) is 0. The molecule has 1 aliphatic rings. The molecule has 1 aromatic carbocycles. The molecule has 1 atom stereocenters. The summed E-state index contributed by atoms with van der Waals surface area (Å²) >= 11 is 0. The number of rotatable bonds is 5. The lowest BCUT2D eigenvalue weighted by molar-refractivity contribution is 0.0984. The summed E-state index contributed by atoms with van der Waals surface area (Å²) in [6, 6.07) is 7.51. The standard InChI is InChI=1S/C19H26N4O3S/c1-4-14-17(12-27(3,24)25)21-18(15-7-5-6-8-16(15)20)22-19(14)23-9-10-26-11-13(23)2/h5-8,13H,4,9-12,20H2,1-3H3/t13-/m0/s1. The normalized spacial score (nSPS) is 17.9. The maximum Gasteiger partial charge on any atom is 0.163 e. The molecule has 0 bridgehead atoms. The van der Waals surface area contributed by atoms with Gasteiger partial charge < -0.3 is 15.4 Å². The third-order valence-corrected chi connectivity index (χ3v) is 5.46. The first-order chi connectivity index (χ1) is 12.8. The number of morpholine rings is 1. The van der Waals surface area contributed by atoms with Crippen LogP contribution in [0.3, 0.4) is 0 Å². The number of aromatic nitrogens is 2. The quantitative estimate of drug-likeness (QED) is 0.780. The Bertz CT molecular complexity index is 931. The van der Waals surface area contributed by atoms with Crippen LogP contribution in [0.4, 0.5) is 11.5 Å². The molecule has 1 saturated heterocycles. The van der Waals surface area contributed by atoms with Crippen LogP contribution in [0.15, 0.2) is 24.3 Å². The number of anilines is 2. The van der Waals surface area contributed by atoms with Gasteiger partial charge in [0.25, 0.3) is 0 Å². The third kappa shape index (κ3) is 4.39. The number of nitrogens with zero attached hydrogens (tertiary/aromatic N) is 3. The average molecular weight is 391 g/mol. The van der Waals surface area contributed by atoms with E-state index in [2.05, 4.69) is 16.8 Å². The van der Waals surface area contributed by atoms with Crippen molar-refractivity contribution in [2.75, 3.05) is 36.6 Å². The monoisotopic (exact) mass is 390 g/mol. The predicted octanol–water partition coefficient (Wildman–Crippen LogP) is 2.06. The molecule has 2 aromatic rings. The fourth-order valence-corrected chi connectivity index (χ4v) is 4.08. The Labute approximate surface area is 160 Å². The van der Waals surface area contributed by atoms with Crippen molar-refractivity contribution in [2.45, 2.75) is 32.1 Å². The fraction of sp³-hybridized carbons (Fsp3) is 0.474. The van der Waals surface area contributed by atoms with Gasteiger partial charge in [-0.2, -0.15) is 0 Å². The number of nitrogens with two attached hydrogens (primary N) is 1. The number of ether oxygens (including phenoxy) is 1. The van der Waals surface area contributed by atoms with Gasteiger partial charge >= 0.3 is 0 Å². The van der Waals surface area contributed by atoms with Crippen LogP contribution in [-0.4, -0.2) is 50.4 Å². The highest BCUT2D eigenvalue weighted by atomic mass is 32.2. The summed E-state index contributed by atoms with van der Waals surface area (Å²) in [5.41, 5.74) is 8.80. The van der Waals surface area contributed by atoms with Crippen LogP contribution in [-0.2, 0) is 26.7 Å². The molecule has 0 amide bonds. The summed E-state index contributed by atoms with van der Waals surface area (Å²) in [7, 11) is -3.24. The first-order valence-corrected chi connectivity index (χ1v) is 11.1. The second-order valence-electron chi connectivity index (χ2n) is 6.92. The number of sulfone groups is 1. The van der Waals surface area contributed by atoms with Crippen LogP contribution < -0.4 is 10.6 Å². The zero-order valence-corrected chi connectivity index (χ0v) is 16.8. The van der Waals surface area contributed by atoms with Gasteiger partial charge in [0.2, 0.25) is 0 Å². The topological polar surface area (TPSA) is 98.4 Å². The van der Waals surface area contributed by atoms with Crippen LogP contribution in [0, 0.1) is 0 Å². The van der Waals surface area contributed by atoms with Crippen molar-refractivity contribution in [1.82, 2.24) is 9.97 Å². The van der Waals surface area contributed by atoms with Gasteiger partial charge in [-0.05, 0) is 25.5 Å². The lowest BCUT2D eigenvalue weighted by atomic mass is 10.1. The Morgan fingerprint density at radius 1 is 1.30 bits per heavy atom. The molecule has 0 unspecified atom stereocenters. The number of hydrogen-bond donors (Lipinski definition) is 1. The van der Waals surface area contributed by atoms with Gasteiger partial charge in [0, 0.05) is 29.6 Å². The van der Waals surface area contributed by atoms with Crippen molar-refractivity contribution in [3.8, 4) is 11.4 Å². The smallest absolute Gasteiger partial charge is 0.163 e. The summed E-state index contributed by atoms with van der Waals surface area (Å²) in [6.07, 6.45) is 1.87. The highest BCUT2D eigenvalue weighted by Crippen LogP contribution is 2.31. The maximum absolute atomic E-state index is 12.0. The van der Waals surface area contributed by atoms with Crippen molar-refractivity contribution in [3.63, 3.8) is 0 Å². The van der Waals surface area contributed by atoms with E-state index in [1.165, 1.54) is 6.26 Å². The lowest BCUT2D eigenvalue weighted by Gasteiger charge is -2.36. The molecule has 0 aliphatic carbocycles. The lowest BCUT2D eigenvalue weighted by Crippen LogP contribution is -2.44. The van der Waals surface area contributed by atoms with E-state index in [9.17, 15) is 8.42 Å². The summed E-state index contributed by atoms with van der Waals surface area (Å²) in [6.45, 7) is 6.00. The predicted molar refractivity (Wildman–Crippen MR) is 107 cm³/mol. The maximum atomic E-state index is 12.0. The van der Waals surface area contributed by atoms with Crippen LogP contribution >= 0.6 is 0 Å². The Morgan fingerprint density at radius 3 is 2.67 bits per heavy atom. The molecule has 1 aromatic heterocycles. The Morgan fingerprint density at radius 2 is 2.04 bits per heavy atom. The van der Waals surface area contributed by atoms with Crippen molar-refractivity contribution < 1.29 is 13.2 Å².